The number of nitrogens with zero attached hydrogens (tertiary/aromatic N) is 3. The molecule has 3 aromatic rings. The van der Waals surface area contributed by atoms with Crippen molar-refractivity contribution in [2.75, 3.05) is 5.73 Å². The highest BCUT2D eigenvalue weighted by Gasteiger charge is 2.19. The summed E-state index contributed by atoms with van der Waals surface area (Å²) in [4.78, 5) is 4.46. The summed E-state index contributed by atoms with van der Waals surface area (Å²) in [5.74, 6) is 0.267. The van der Waals surface area contributed by atoms with Crippen molar-refractivity contribution in [2.24, 2.45) is 7.05 Å². The lowest BCUT2D eigenvalue weighted by molar-refractivity contribution is 0.934. The molecule has 3 rings (SSSR count). The third-order valence-electron chi connectivity index (χ3n) is 3.83. The SMILES string of the molecule is Cc1c(-c2ccccc2)nc(N)c(C#N)c1-c1cccn1C. The molecule has 2 heterocycles. The summed E-state index contributed by atoms with van der Waals surface area (Å²) in [6, 6.07) is 16.0. The molecular weight excluding hydrogens is 272 g/mol. The number of pyridine rings is 1. The zero-order valence-electron chi connectivity index (χ0n) is 12.5. The fourth-order valence-corrected chi connectivity index (χ4v) is 2.73. The lowest BCUT2D eigenvalue weighted by atomic mass is 9.96. The third kappa shape index (κ3) is 2.13. The van der Waals surface area contributed by atoms with Gasteiger partial charge in [0, 0.05) is 30.1 Å². The maximum Gasteiger partial charge on any atom is 0.142 e. The normalized spacial score (nSPS) is 10.4. The van der Waals surface area contributed by atoms with Gasteiger partial charge >= 0.3 is 0 Å². The minimum atomic E-state index is 0.267. The molecule has 4 heteroatoms. The molecule has 1 aromatic carbocycles. The largest absolute Gasteiger partial charge is 0.383 e. The lowest BCUT2D eigenvalue weighted by Gasteiger charge is -2.15. The Hall–Kier alpha value is -3.06. The van der Waals surface area contributed by atoms with Crippen molar-refractivity contribution in [2.45, 2.75) is 6.92 Å². The van der Waals surface area contributed by atoms with Crippen LogP contribution in [0.5, 0.6) is 0 Å². The molecule has 0 saturated carbocycles. The average molecular weight is 288 g/mol. The van der Waals surface area contributed by atoms with Crippen LogP contribution in [0.2, 0.25) is 0 Å². The highest BCUT2D eigenvalue weighted by atomic mass is 14.9. The van der Waals surface area contributed by atoms with Crippen LogP contribution in [0.15, 0.2) is 48.7 Å². The number of aromatic nitrogens is 2. The Morgan fingerprint density at radius 1 is 1.14 bits per heavy atom. The number of benzene rings is 1. The molecular formula is C18H16N4. The summed E-state index contributed by atoms with van der Waals surface area (Å²) in [7, 11) is 1.95. The highest BCUT2D eigenvalue weighted by molar-refractivity contribution is 5.83. The molecule has 0 radical (unpaired) electrons. The number of hydrogen-bond donors (Lipinski definition) is 1. The van der Waals surface area contributed by atoms with Crippen LogP contribution in [-0.4, -0.2) is 9.55 Å². The Kier molecular flexibility index (Phi) is 3.40. The van der Waals surface area contributed by atoms with Crippen LogP contribution in [0, 0.1) is 18.3 Å². The van der Waals surface area contributed by atoms with Crippen molar-refractivity contribution >= 4 is 5.82 Å². The van der Waals surface area contributed by atoms with Gasteiger partial charge in [-0.1, -0.05) is 30.3 Å². The van der Waals surface area contributed by atoms with E-state index in [4.69, 9.17) is 5.73 Å². The van der Waals surface area contributed by atoms with Gasteiger partial charge in [0.2, 0.25) is 0 Å². The van der Waals surface area contributed by atoms with Crippen molar-refractivity contribution in [3.05, 3.63) is 59.8 Å². The topological polar surface area (TPSA) is 67.6 Å². The second-order valence-electron chi connectivity index (χ2n) is 5.20. The van der Waals surface area contributed by atoms with E-state index >= 15 is 0 Å². The Morgan fingerprint density at radius 3 is 2.45 bits per heavy atom. The van der Waals surface area contributed by atoms with E-state index in [0.29, 0.717) is 5.56 Å². The molecule has 2 N–H and O–H groups in total. The molecule has 0 atom stereocenters. The van der Waals surface area contributed by atoms with Gasteiger partial charge < -0.3 is 10.3 Å². The molecule has 0 amide bonds. The summed E-state index contributed by atoms with van der Waals surface area (Å²) >= 11 is 0. The van der Waals surface area contributed by atoms with Crippen LogP contribution in [0.25, 0.3) is 22.5 Å². The molecule has 0 unspecified atom stereocenters. The molecule has 22 heavy (non-hydrogen) atoms. The van der Waals surface area contributed by atoms with Gasteiger partial charge in [0.05, 0.1) is 5.69 Å². The number of aryl methyl sites for hydroxylation is 1. The maximum absolute atomic E-state index is 9.50. The number of nitriles is 1. The van der Waals surface area contributed by atoms with E-state index in [1.807, 2.05) is 67.2 Å². The minimum absolute atomic E-state index is 0.267. The second-order valence-corrected chi connectivity index (χ2v) is 5.20. The third-order valence-corrected chi connectivity index (χ3v) is 3.83. The fourth-order valence-electron chi connectivity index (χ4n) is 2.73. The van der Waals surface area contributed by atoms with E-state index in [1.54, 1.807) is 0 Å². The first kappa shape index (κ1) is 13.9. The van der Waals surface area contributed by atoms with Gasteiger partial charge in [0.1, 0.15) is 17.5 Å². The lowest BCUT2D eigenvalue weighted by Crippen LogP contribution is -2.04. The van der Waals surface area contributed by atoms with E-state index in [1.165, 1.54) is 0 Å². The number of anilines is 1. The van der Waals surface area contributed by atoms with E-state index < -0.39 is 0 Å². The first-order valence-electron chi connectivity index (χ1n) is 7.00. The van der Waals surface area contributed by atoms with Gasteiger partial charge in [-0.25, -0.2) is 4.98 Å². The van der Waals surface area contributed by atoms with E-state index in [0.717, 1.165) is 28.1 Å². The van der Waals surface area contributed by atoms with Gasteiger partial charge in [0.25, 0.3) is 0 Å². The predicted molar refractivity (Wildman–Crippen MR) is 87.9 cm³/mol. The molecule has 0 aliphatic heterocycles. The van der Waals surface area contributed by atoms with Gasteiger partial charge in [-0.05, 0) is 24.6 Å². The molecule has 0 aliphatic rings. The number of hydrogen-bond acceptors (Lipinski definition) is 3. The van der Waals surface area contributed by atoms with Crippen molar-refractivity contribution in [1.29, 1.82) is 5.26 Å². The van der Waals surface area contributed by atoms with E-state index in [2.05, 4.69) is 11.1 Å². The average Bonchev–Trinajstić information content (AvgIpc) is 2.95. The molecule has 4 nitrogen and oxygen atoms in total. The van der Waals surface area contributed by atoms with Gasteiger partial charge in [0.15, 0.2) is 0 Å². The zero-order chi connectivity index (χ0) is 15.7. The van der Waals surface area contributed by atoms with Crippen LogP contribution in [-0.2, 0) is 7.05 Å². The van der Waals surface area contributed by atoms with Crippen LogP contribution in [0.4, 0.5) is 5.82 Å². The molecule has 0 saturated heterocycles. The van der Waals surface area contributed by atoms with E-state index in [9.17, 15) is 5.26 Å². The Bertz CT molecular complexity index is 870. The molecule has 2 aromatic heterocycles. The first-order valence-corrected chi connectivity index (χ1v) is 7.00. The number of rotatable bonds is 2. The van der Waals surface area contributed by atoms with Gasteiger partial charge in [-0.15, -0.1) is 0 Å². The van der Waals surface area contributed by atoms with Crippen LogP contribution >= 0.6 is 0 Å². The second kappa shape index (κ2) is 5.38. The van der Waals surface area contributed by atoms with Gasteiger partial charge in [-0.3, -0.25) is 0 Å². The van der Waals surface area contributed by atoms with Crippen LogP contribution in [0.1, 0.15) is 11.1 Å². The van der Waals surface area contributed by atoms with Gasteiger partial charge in [-0.2, -0.15) is 5.26 Å². The van der Waals surface area contributed by atoms with Crippen LogP contribution in [0.3, 0.4) is 0 Å². The van der Waals surface area contributed by atoms with Crippen molar-refractivity contribution in [1.82, 2.24) is 9.55 Å². The molecule has 0 aliphatic carbocycles. The molecule has 0 bridgehead atoms. The fraction of sp³-hybridized carbons (Fsp3) is 0.111. The van der Waals surface area contributed by atoms with E-state index in [-0.39, 0.29) is 5.82 Å². The summed E-state index contributed by atoms with van der Waals surface area (Å²) in [6.07, 6.45) is 1.95. The van der Waals surface area contributed by atoms with Crippen molar-refractivity contribution in [3.63, 3.8) is 0 Å². The summed E-state index contributed by atoms with van der Waals surface area (Å²) in [5.41, 5.74) is 11.1. The Balaban J connectivity index is 2.36. The molecule has 0 spiro atoms. The first-order chi connectivity index (χ1) is 10.6. The van der Waals surface area contributed by atoms with Crippen molar-refractivity contribution in [3.8, 4) is 28.6 Å². The quantitative estimate of drug-likeness (QED) is 0.784. The number of nitrogen functional groups attached to an aromatic ring is 1. The van der Waals surface area contributed by atoms with Crippen molar-refractivity contribution < 1.29 is 0 Å². The predicted octanol–water partition coefficient (Wildman–Crippen LogP) is 3.52. The highest BCUT2D eigenvalue weighted by Crippen LogP contribution is 2.35. The van der Waals surface area contributed by atoms with Crippen LogP contribution < -0.4 is 5.73 Å². The summed E-state index contributed by atoms with van der Waals surface area (Å²) in [5, 5.41) is 9.50. The summed E-state index contributed by atoms with van der Waals surface area (Å²) < 4.78 is 1.98. The Labute approximate surface area is 129 Å². The Morgan fingerprint density at radius 2 is 1.86 bits per heavy atom. The minimum Gasteiger partial charge on any atom is -0.383 e. The molecule has 0 fully saturated rings. The monoisotopic (exact) mass is 288 g/mol. The zero-order valence-corrected chi connectivity index (χ0v) is 12.5. The maximum atomic E-state index is 9.50. The smallest absolute Gasteiger partial charge is 0.142 e. The number of nitrogens with two attached hydrogens (primary N) is 1. The summed E-state index contributed by atoms with van der Waals surface area (Å²) in [6.45, 7) is 1.98. The molecule has 108 valence electrons. The standard InChI is InChI=1S/C18H16N4/c1-12-16(15-9-6-10-22(15)2)14(11-19)18(20)21-17(12)13-7-4-3-5-8-13/h3-10H,1-2H3,(H2,20,21).